The van der Waals surface area contributed by atoms with Gasteiger partial charge in [0.05, 0.1) is 15.7 Å². The second-order valence-electron chi connectivity index (χ2n) is 5.23. The van der Waals surface area contributed by atoms with Gasteiger partial charge in [0, 0.05) is 6.54 Å². The minimum absolute atomic E-state index is 0.189. The Hall–Kier alpha value is -2.08. The number of nitrogens with one attached hydrogen (secondary N) is 2. The summed E-state index contributed by atoms with van der Waals surface area (Å²) in [7, 11) is 0. The predicted molar refractivity (Wildman–Crippen MR) is 99.1 cm³/mol. The third-order valence-corrected chi connectivity index (χ3v) is 4.09. The topological polar surface area (TPSA) is 67.4 Å². The van der Waals surface area contributed by atoms with Crippen LogP contribution in [0.2, 0.25) is 10.0 Å². The Bertz CT molecular complexity index is 724. The number of hydrogen-bond donors (Lipinski definition) is 2. The quantitative estimate of drug-likeness (QED) is 0.737. The van der Waals surface area contributed by atoms with Gasteiger partial charge in [0.25, 0.3) is 0 Å². The molecule has 0 heterocycles. The maximum Gasteiger partial charge on any atom is 0.250 e. The molecule has 0 radical (unpaired) electrons. The lowest BCUT2D eigenvalue weighted by Gasteiger charge is -2.09. The van der Waals surface area contributed by atoms with Crippen molar-refractivity contribution in [3.8, 4) is 0 Å². The smallest absolute Gasteiger partial charge is 0.250 e. The molecule has 0 saturated heterocycles. The van der Waals surface area contributed by atoms with Gasteiger partial charge in [0.1, 0.15) is 13.2 Å². The van der Waals surface area contributed by atoms with Crippen molar-refractivity contribution >= 4 is 40.7 Å². The molecule has 2 aromatic carbocycles. The van der Waals surface area contributed by atoms with Crippen LogP contribution in [0.25, 0.3) is 0 Å². The van der Waals surface area contributed by atoms with E-state index in [0.29, 0.717) is 17.3 Å². The van der Waals surface area contributed by atoms with E-state index in [-0.39, 0.29) is 24.1 Å². The second kappa shape index (κ2) is 10.0. The summed E-state index contributed by atoms with van der Waals surface area (Å²) in [6.45, 7) is 0.0664. The molecular formula is C18H18Cl2N2O3. The van der Waals surface area contributed by atoms with Gasteiger partial charge in [-0.1, -0.05) is 59.6 Å². The third kappa shape index (κ3) is 6.74. The lowest BCUT2D eigenvalue weighted by Crippen LogP contribution is -2.31. The Kier molecular flexibility index (Phi) is 7.73. The number of halogens is 2. The van der Waals surface area contributed by atoms with Crippen LogP contribution in [0, 0.1) is 0 Å². The maximum atomic E-state index is 11.8. The molecule has 2 amide bonds. The first-order valence-corrected chi connectivity index (χ1v) is 8.44. The van der Waals surface area contributed by atoms with E-state index >= 15 is 0 Å². The molecule has 7 heteroatoms. The van der Waals surface area contributed by atoms with Crippen LogP contribution in [0.1, 0.15) is 5.56 Å². The van der Waals surface area contributed by atoms with Gasteiger partial charge in [0.2, 0.25) is 11.8 Å². The van der Waals surface area contributed by atoms with Crippen LogP contribution >= 0.6 is 23.2 Å². The fourth-order valence-electron chi connectivity index (χ4n) is 2.07. The first-order chi connectivity index (χ1) is 12.1. The maximum absolute atomic E-state index is 11.8. The fourth-order valence-corrected chi connectivity index (χ4v) is 2.41. The van der Waals surface area contributed by atoms with Crippen molar-refractivity contribution < 1.29 is 14.3 Å². The SMILES string of the molecule is O=C(COCC(=O)Nc1cccc(Cl)c1Cl)NCCc1ccccc1. The first-order valence-electron chi connectivity index (χ1n) is 7.68. The van der Waals surface area contributed by atoms with Gasteiger partial charge >= 0.3 is 0 Å². The first kappa shape index (κ1) is 19.2. The van der Waals surface area contributed by atoms with Gasteiger partial charge in [-0.25, -0.2) is 0 Å². The molecule has 0 fully saturated rings. The summed E-state index contributed by atoms with van der Waals surface area (Å²) in [4.78, 5) is 23.5. The molecule has 5 nitrogen and oxygen atoms in total. The molecular weight excluding hydrogens is 363 g/mol. The molecule has 2 N–H and O–H groups in total. The summed E-state index contributed by atoms with van der Waals surface area (Å²) in [6.07, 6.45) is 0.736. The number of benzene rings is 2. The zero-order chi connectivity index (χ0) is 18.1. The third-order valence-electron chi connectivity index (χ3n) is 3.27. The Balaban J connectivity index is 1.63. The van der Waals surface area contributed by atoms with E-state index in [1.807, 2.05) is 30.3 Å². The van der Waals surface area contributed by atoms with E-state index in [0.717, 1.165) is 12.0 Å². The lowest BCUT2D eigenvalue weighted by atomic mass is 10.1. The summed E-state index contributed by atoms with van der Waals surface area (Å²) in [6, 6.07) is 14.7. The minimum Gasteiger partial charge on any atom is -0.362 e. The van der Waals surface area contributed by atoms with Crippen LogP contribution in [0.3, 0.4) is 0 Å². The summed E-state index contributed by atoms with van der Waals surface area (Å²) in [5, 5.41) is 5.92. The van der Waals surface area contributed by atoms with Crippen molar-refractivity contribution in [1.82, 2.24) is 5.32 Å². The van der Waals surface area contributed by atoms with E-state index in [1.165, 1.54) is 0 Å². The molecule has 25 heavy (non-hydrogen) atoms. The highest BCUT2D eigenvalue weighted by Gasteiger charge is 2.09. The molecule has 0 aliphatic carbocycles. The highest BCUT2D eigenvalue weighted by Crippen LogP contribution is 2.29. The van der Waals surface area contributed by atoms with Crippen molar-refractivity contribution in [3.63, 3.8) is 0 Å². The summed E-state index contributed by atoms with van der Waals surface area (Å²) < 4.78 is 5.10. The van der Waals surface area contributed by atoms with E-state index in [9.17, 15) is 9.59 Å². The average molecular weight is 381 g/mol. The molecule has 0 aliphatic rings. The van der Waals surface area contributed by atoms with Crippen LogP contribution in [-0.4, -0.2) is 31.6 Å². The molecule has 0 spiro atoms. The highest BCUT2D eigenvalue weighted by molar-refractivity contribution is 6.43. The minimum atomic E-state index is -0.416. The zero-order valence-electron chi connectivity index (χ0n) is 13.4. The molecule has 0 aliphatic heterocycles. The number of ether oxygens (including phenoxy) is 1. The van der Waals surface area contributed by atoms with Crippen molar-refractivity contribution in [2.75, 3.05) is 25.1 Å². The number of carbonyl (C=O) groups excluding carboxylic acids is 2. The van der Waals surface area contributed by atoms with Crippen molar-refractivity contribution in [1.29, 1.82) is 0 Å². The molecule has 132 valence electrons. The number of hydrogen-bond acceptors (Lipinski definition) is 3. The Morgan fingerprint density at radius 1 is 0.920 bits per heavy atom. The molecule has 2 aromatic rings. The Morgan fingerprint density at radius 3 is 2.40 bits per heavy atom. The number of anilines is 1. The van der Waals surface area contributed by atoms with Gasteiger partial charge in [-0.15, -0.1) is 0 Å². The second-order valence-corrected chi connectivity index (χ2v) is 6.01. The van der Waals surface area contributed by atoms with Gasteiger partial charge in [-0.2, -0.15) is 0 Å². The van der Waals surface area contributed by atoms with Crippen molar-refractivity contribution in [3.05, 3.63) is 64.1 Å². The molecule has 0 aromatic heterocycles. The summed E-state index contributed by atoms with van der Waals surface area (Å²) in [5.41, 5.74) is 1.54. The normalized spacial score (nSPS) is 10.3. The van der Waals surface area contributed by atoms with E-state index < -0.39 is 5.91 Å². The van der Waals surface area contributed by atoms with Crippen molar-refractivity contribution in [2.45, 2.75) is 6.42 Å². The van der Waals surface area contributed by atoms with Crippen molar-refractivity contribution in [2.24, 2.45) is 0 Å². The fraction of sp³-hybridized carbons (Fsp3) is 0.222. The predicted octanol–water partition coefficient (Wildman–Crippen LogP) is 3.31. The zero-order valence-corrected chi connectivity index (χ0v) is 14.9. The van der Waals surface area contributed by atoms with Crippen LogP contribution in [0.4, 0.5) is 5.69 Å². The standard InChI is InChI=1S/C18H18Cl2N2O3/c19-14-7-4-8-15(18(14)20)22-17(24)12-25-11-16(23)21-10-9-13-5-2-1-3-6-13/h1-8H,9-12H2,(H,21,23)(H,22,24). The average Bonchev–Trinajstić information content (AvgIpc) is 2.60. The molecule has 2 rings (SSSR count). The number of carbonyl (C=O) groups is 2. The van der Waals surface area contributed by atoms with E-state index in [4.69, 9.17) is 27.9 Å². The van der Waals surface area contributed by atoms with E-state index in [2.05, 4.69) is 10.6 Å². The van der Waals surface area contributed by atoms with E-state index in [1.54, 1.807) is 18.2 Å². The van der Waals surface area contributed by atoms with Crippen LogP contribution in [-0.2, 0) is 20.7 Å². The molecule has 0 unspecified atom stereocenters. The Labute approximate surface area is 156 Å². The molecule has 0 bridgehead atoms. The number of rotatable bonds is 8. The summed E-state index contributed by atoms with van der Waals surface area (Å²) in [5.74, 6) is -0.689. The molecule has 0 saturated carbocycles. The Morgan fingerprint density at radius 2 is 1.64 bits per heavy atom. The van der Waals surface area contributed by atoms with Gasteiger partial charge in [0.15, 0.2) is 0 Å². The monoisotopic (exact) mass is 380 g/mol. The van der Waals surface area contributed by atoms with Gasteiger partial charge < -0.3 is 15.4 Å². The molecule has 0 atom stereocenters. The van der Waals surface area contributed by atoms with Crippen LogP contribution in [0.15, 0.2) is 48.5 Å². The largest absolute Gasteiger partial charge is 0.362 e. The van der Waals surface area contributed by atoms with Gasteiger partial charge in [-0.3, -0.25) is 9.59 Å². The van der Waals surface area contributed by atoms with Gasteiger partial charge in [-0.05, 0) is 24.1 Å². The highest BCUT2D eigenvalue weighted by atomic mass is 35.5. The summed E-state index contributed by atoms with van der Waals surface area (Å²) >= 11 is 11.8. The lowest BCUT2D eigenvalue weighted by molar-refractivity contribution is -0.128. The number of amides is 2. The van der Waals surface area contributed by atoms with Crippen LogP contribution < -0.4 is 10.6 Å². The van der Waals surface area contributed by atoms with Crippen LogP contribution in [0.5, 0.6) is 0 Å².